The Kier molecular flexibility index (Phi) is 3.62. The number of hydrogen-bond donors (Lipinski definition) is 1. The van der Waals surface area contributed by atoms with Gasteiger partial charge in [-0.05, 0) is 38.3 Å². The van der Waals surface area contributed by atoms with Gasteiger partial charge in [-0.3, -0.25) is 0 Å². The molecule has 1 aromatic carbocycles. The van der Waals surface area contributed by atoms with Gasteiger partial charge in [0.25, 0.3) is 0 Å². The van der Waals surface area contributed by atoms with E-state index in [2.05, 4.69) is 31.2 Å². The third-order valence-electron chi connectivity index (χ3n) is 3.70. The van der Waals surface area contributed by atoms with E-state index in [0.717, 1.165) is 39.0 Å². The molecule has 2 heteroatoms. The zero-order valence-electron chi connectivity index (χ0n) is 10.0. The molecule has 0 amide bonds. The standard InChI is InChI=1S/C14H21NO/c1-12-3-2-4-13(11-12)14(5-8-15)6-9-16-10-7-14/h2-4,11H,5-10,15H2,1H3. The van der Waals surface area contributed by atoms with E-state index in [1.165, 1.54) is 11.1 Å². The maximum absolute atomic E-state index is 5.78. The first-order valence-electron chi connectivity index (χ1n) is 6.12. The normalized spacial score (nSPS) is 19.6. The van der Waals surface area contributed by atoms with Crippen molar-refractivity contribution < 1.29 is 4.74 Å². The molecule has 88 valence electrons. The fourth-order valence-corrected chi connectivity index (χ4v) is 2.70. The van der Waals surface area contributed by atoms with Crippen molar-refractivity contribution in [2.75, 3.05) is 19.8 Å². The Labute approximate surface area is 97.8 Å². The molecule has 1 aliphatic rings. The van der Waals surface area contributed by atoms with Gasteiger partial charge >= 0.3 is 0 Å². The minimum Gasteiger partial charge on any atom is -0.381 e. The van der Waals surface area contributed by atoms with Crippen LogP contribution in [0.2, 0.25) is 0 Å². The third-order valence-corrected chi connectivity index (χ3v) is 3.70. The van der Waals surface area contributed by atoms with Gasteiger partial charge in [0.05, 0.1) is 0 Å². The highest BCUT2D eigenvalue weighted by atomic mass is 16.5. The molecule has 0 radical (unpaired) electrons. The second-order valence-corrected chi connectivity index (χ2v) is 4.80. The van der Waals surface area contributed by atoms with Gasteiger partial charge in [0.2, 0.25) is 0 Å². The van der Waals surface area contributed by atoms with E-state index >= 15 is 0 Å². The van der Waals surface area contributed by atoms with Gasteiger partial charge in [0.1, 0.15) is 0 Å². The highest BCUT2D eigenvalue weighted by Crippen LogP contribution is 2.37. The fraction of sp³-hybridized carbons (Fsp3) is 0.571. The molecule has 1 aromatic rings. The van der Waals surface area contributed by atoms with Crippen LogP contribution in [0.1, 0.15) is 30.4 Å². The average Bonchev–Trinajstić information content (AvgIpc) is 2.31. The molecule has 0 unspecified atom stereocenters. The molecule has 1 saturated heterocycles. The van der Waals surface area contributed by atoms with Crippen molar-refractivity contribution in [3.63, 3.8) is 0 Å². The van der Waals surface area contributed by atoms with Crippen molar-refractivity contribution in [1.82, 2.24) is 0 Å². The first-order valence-corrected chi connectivity index (χ1v) is 6.12. The molecule has 1 fully saturated rings. The van der Waals surface area contributed by atoms with Crippen LogP contribution in [0.15, 0.2) is 24.3 Å². The molecule has 1 aliphatic heterocycles. The molecule has 2 nitrogen and oxygen atoms in total. The van der Waals surface area contributed by atoms with Gasteiger partial charge in [-0.2, -0.15) is 0 Å². The van der Waals surface area contributed by atoms with Crippen LogP contribution in [0.5, 0.6) is 0 Å². The lowest BCUT2D eigenvalue weighted by Crippen LogP contribution is -2.35. The van der Waals surface area contributed by atoms with Crippen molar-refractivity contribution in [3.05, 3.63) is 35.4 Å². The Morgan fingerprint density at radius 1 is 1.31 bits per heavy atom. The summed E-state index contributed by atoms with van der Waals surface area (Å²) in [5, 5.41) is 0. The highest BCUT2D eigenvalue weighted by Gasteiger charge is 2.33. The molecule has 0 spiro atoms. The summed E-state index contributed by atoms with van der Waals surface area (Å²) in [5.74, 6) is 0. The van der Waals surface area contributed by atoms with Gasteiger partial charge in [-0.1, -0.05) is 29.8 Å². The number of rotatable bonds is 3. The van der Waals surface area contributed by atoms with Gasteiger partial charge in [0, 0.05) is 18.6 Å². The Morgan fingerprint density at radius 3 is 2.69 bits per heavy atom. The summed E-state index contributed by atoms with van der Waals surface area (Å²) in [7, 11) is 0. The monoisotopic (exact) mass is 219 g/mol. The lowest BCUT2D eigenvalue weighted by molar-refractivity contribution is 0.0476. The largest absolute Gasteiger partial charge is 0.381 e. The van der Waals surface area contributed by atoms with Crippen LogP contribution in [-0.2, 0) is 10.2 Å². The summed E-state index contributed by atoms with van der Waals surface area (Å²) >= 11 is 0. The van der Waals surface area contributed by atoms with Crippen molar-refractivity contribution in [2.45, 2.75) is 31.6 Å². The summed E-state index contributed by atoms with van der Waals surface area (Å²) < 4.78 is 5.48. The topological polar surface area (TPSA) is 35.2 Å². The summed E-state index contributed by atoms with van der Waals surface area (Å²) in [6.45, 7) is 4.65. The summed E-state index contributed by atoms with van der Waals surface area (Å²) in [6.07, 6.45) is 3.28. The zero-order valence-corrected chi connectivity index (χ0v) is 10.0. The predicted molar refractivity (Wildman–Crippen MR) is 66.6 cm³/mol. The van der Waals surface area contributed by atoms with Gasteiger partial charge in [-0.15, -0.1) is 0 Å². The van der Waals surface area contributed by atoms with E-state index in [4.69, 9.17) is 10.5 Å². The van der Waals surface area contributed by atoms with Crippen LogP contribution in [0.4, 0.5) is 0 Å². The van der Waals surface area contributed by atoms with Crippen molar-refractivity contribution in [1.29, 1.82) is 0 Å². The van der Waals surface area contributed by atoms with Crippen molar-refractivity contribution in [3.8, 4) is 0 Å². The maximum atomic E-state index is 5.78. The van der Waals surface area contributed by atoms with E-state index < -0.39 is 0 Å². The Morgan fingerprint density at radius 2 is 2.06 bits per heavy atom. The lowest BCUT2D eigenvalue weighted by atomic mass is 9.71. The van der Waals surface area contributed by atoms with Crippen LogP contribution in [0.25, 0.3) is 0 Å². The van der Waals surface area contributed by atoms with E-state index in [-0.39, 0.29) is 5.41 Å². The first kappa shape index (κ1) is 11.6. The molecule has 0 aliphatic carbocycles. The fourth-order valence-electron chi connectivity index (χ4n) is 2.70. The third kappa shape index (κ3) is 2.28. The van der Waals surface area contributed by atoms with Crippen LogP contribution < -0.4 is 5.73 Å². The quantitative estimate of drug-likeness (QED) is 0.847. The molecule has 2 N–H and O–H groups in total. The first-order chi connectivity index (χ1) is 7.77. The Bertz CT molecular complexity index is 337. The van der Waals surface area contributed by atoms with Crippen LogP contribution >= 0.6 is 0 Å². The molecular formula is C14H21NO. The molecule has 1 heterocycles. The summed E-state index contributed by atoms with van der Waals surface area (Å²) in [5.41, 5.74) is 8.82. The number of benzene rings is 1. The zero-order chi connectivity index (χ0) is 11.4. The second-order valence-electron chi connectivity index (χ2n) is 4.80. The van der Waals surface area contributed by atoms with Crippen LogP contribution in [0.3, 0.4) is 0 Å². The SMILES string of the molecule is Cc1cccc(C2(CCN)CCOCC2)c1. The van der Waals surface area contributed by atoms with E-state index in [1.807, 2.05) is 0 Å². The minimum atomic E-state index is 0.263. The van der Waals surface area contributed by atoms with Gasteiger partial charge in [0.15, 0.2) is 0 Å². The Hall–Kier alpha value is -0.860. The van der Waals surface area contributed by atoms with Crippen molar-refractivity contribution >= 4 is 0 Å². The molecular weight excluding hydrogens is 198 g/mol. The van der Waals surface area contributed by atoms with Crippen LogP contribution in [-0.4, -0.2) is 19.8 Å². The second kappa shape index (κ2) is 4.98. The lowest BCUT2D eigenvalue weighted by Gasteiger charge is -2.37. The number of ether oxygens (including phenoxy) is 1. The number of hydrogen-bond acceptors (Lipinski definition) is 2. The summed E-state index contributed by atoms with van der Waals surface area (Å²) in [6, 6.07) is 8.85. The van der Waals surface area contributed by atoms with Crippen LogP contribution in [0, 0.1) is 6.92 Å². The van der Waals surface area contributed by atoms with E-state index in [1.54, 1.807) is 0 Å². The smallest absolute Gasteiger partial charge is 0.0474 e. The molecule has 16 heavy (non-hydrogen) atoms. The van der Waals surface area contributed by atoms with E-state index in [9.17, 15) is 0 Å². The van der Waals surface area contributed by atoms with Gasteiger partial charge in [-0.25, -0.2) is 0 Å². The molecule has 0 atom stereocenters. The van der Waals surface area contributed by atoms with Gasteiger partial charge < -0.3 is 10.5 Å². The molecule has 2 rings (SSSR count). The minimum absolute atomic E-state index is 0.263. The molecule has 0 aromatic heterocycles. The Balaban J connectivity index is 2.30. The molecule has 0 bridgehead atoms. The molecule has 0 saturated carbocycles. The highest BCUT2D eigenvalue weighted by molar-refractivity contribution is 5.30. The predicted octanol–water partition coefficient (Wildman–Crippen LogP) is 2.39. The van der Waals surface area contributed by atoms with E-state index in [0.29, 0.717) is 0 Å². The van der Waals surface area contributed by atoms with Crippen molar-refractivity contribution in [2.24, 2.45) is 5.73 Å². The summed E-state index contributed by atoms with van der Waals surface area (Å²) in [4.78, 5) is 0. The number of aryl methyl sites for hydroxylation is 1. The maximum Gasteiger partial charge on any atom is 0.0474 e. The average molecular weight is 219 g/mol. The number of nitrogens with two attached hydrogens (primary N) is 1.